The highest BCUT2D eigenvalue weighted by atomic mass is 35.5. The van der Waals surface area contributed by atoms with Gasteiger partial charge in [0.05, 0.1) is 11.1 Å². The number of halogens is 1. The molecule has 22 heavy (non-hydrogen) atoms. The molecular weight excluding hydrogens is 308 g/mol. The van der Waals surface area contributed by atoms with Gasteiger partial charge in [0, 0.05) is 19.2 Å². The van der Waals surface area contributed by atoms with Crippen molar-refractivity contribution in [3.63, 3.8) is 0 Å². The van der Waals surface area contributed by atoms with E-state index in [0.29, 0.717) is 11.1 Å². The first-order valence-electron chi connectivity index (χ1n) is 7.42. The molecular formula is C14H21ClN4O3. The minimum atomic E-state index is -0.493. The molecule has 1 spiro atoms. The molecule has 0 unspecified atom stereocenters. The van der Waals surface area contributed by atoms with Crippen molar-refractivity contribution in [1.29, 1.82) is 0 Å². The van der Waals surface area contributed by atoms with Gasteiger partial charge in [0.25, 0.3) is 11.6 Å². The van der Waals surface area contributed by atoms with Crippen LogP contribution in [0.1, 0.15) is 36.2 Å². The lowest BCUT2D eigenvalue weighted by molar-refractivity contribution is -0.384. The monoisotopic (exact) mass is 328 g/mol. The predicted octanol–water partition coefficient (Wildman–Crippen LogP) is 1.95. The Hall–Kier alpha value is -1.60. The third kappa shape index (κ3) is 3.25. The van der Waals surface area contributed by atoms with E-state index in [2.05, 4.69) is 10.3 Å². The third-order valence-corrected chi connectivity index (χ3v) is 4.88. The van der Waals surface area contributed by atoms with Crippen LogP contribution < -0.4 is 5.32 Å². The fourth-order valence-electron chi connectivity index (χ4n) is 3.42. The zero-order chi connectivity index (χ0) is 14.9. The van der Waals surface area contributed by atoms with E-state index in [1.807, 2.05) is 4.90 Å². The highest BCUT2D eigenvalue weighted by molar-refractivity contribution is 5.93. The Kier molecular flexibility index (Phi) is 5.08. The first-order chi connectivity index (χ1) is 10.1. The molecule has 0 aliphatic carbocycles. The summed E-state index contributed by atoms with van der Waals surface area (Å²) in [4.78, 5) is 27.1. The van der Waals surface area contributed by atoms with Crippen molar-refractivity contribution in [2.24, 2.45) is 5.41 Å². The second-order valence-corrected chi connectivity index (χ2v) is 6.07. The molecule has 2 aliphatic heterocycles. The van der Waals surface area contributed by atoms with Gasteiger partial charge in [0.15, 0.2) is 0 Å². The van der Waals surface area contributed by atoms with Crippen LogP contribution in [0.4, 0.5) is 5.69 Å². The molecule has 1 aromatic rings. The van der Waals surface area contributed by atoms with Crippen molar-refractivity contribution in [2.45, 2.75) is 25.7 Å². The quantitative estimate of drug-likeness (QED) is 0.641. The fraction of sp³-hybridized carbons (Fsp3) is 0.643. The largest absolute Gasteiger partial charge is 0.351 e. The summed E-state index contributed by atoms with van der Waals surface area (Å²) in [6.45, 7) is 3.62. The molecule has 2 fully saturated rings. The maximum absolute atomic E-state index is 12.4. The predicted molar refractivity (Wildman–Crippen MR) is 84.4 cm³/mol. The van der Waals surface area contributed by atoms with Crippen LogP contribution in [0.2, 0.25) is 0 Å². The number of rotatable bonds is 2. The summed E-state index contributed by atoms with van der Waals surface area (Å²) in [6.07, 6.45) is 5.70. The number of aromatic amines is 1. The maximum Gasteiger partial charge on any atom is 0.287 e. The molecule has 2 N–H and O–H groups in total. The summed E-state index contributed by atoms with van der Waals surface area (Å²) in [5, 5.41) is 14.1. The molecule has 0 aromatic carbocycles. The molecule has 3 heterocycles. The lowest BCUT2D eigenvalue weighted by Crippen LogP contribution is -2.47. The van der Waals surface area contributed by atoms with Crippen LogP contribution in [0.15, 0.2) is 12.3 Å². The molecule has 7 nitrogen and oxygen atoms in total. The number of amides is 1. The van der Waals surface area contributed by atoms with Gasteiger partial charge in [-0.1, -0.05) is 0 Å². The van der Waals surface area contributed by atoms with Gasteiger partial charge in [-0.15, -0.1) is 12.4 Å². The number of likely N-dealkylation sites (tertiary alicyclic amines) is 1. The number of nitro groups is 1. The smallest absolute Gasteiger partial charge is 0.287 e. The topological polar surface area (TPSA) is 91.3 Å². The third-order valence-electron chi connectivity index (χ3n) is 4.88. The zero-order valence-electron chi connectivity index (χ0n) is 12.3. The van der Waals surface area contributed by atoms with Gasteiger partial charge in [-0.3, -0.25) is 14.9 Å². The van der Waals surface area contributed by atoms with E-state index in [1.54, 1.807) is 0 Å². The minimum absolute atomic E-state index is 0. The van der Waals surface area contributed by atoms with Crippen molar-refractivity contribution in [2.75, 3.05) is 26.2 Å². The summed E-state index contributed by atoms with van der Waals surface area (Å²) in [6, 6.07) is 1.32. The van der Waals surface area contributed by atoms with Crippen molar-refractivity contribution < 1.29 is 9.72 Å². The van der Waals surface area contributed by atoms with E-state index in [0.717, 1.165) is 39.0 Å². The van der Waals surface area contributed by atoms with Crippen LogP contribution in [0.3, 0.4) is 0 Å². The molecule has 0 saturated carbocycles. The number of piperidine rings is 2. The standard InChI is InChI=1S/C14H20N4O3.ClH/c19-13(12-9-11(10-16-12)18(20)21)17-7-3-14(4-8-17)1-5-15-6-2-14;/h9-10,15-16H,1-8H2;1H. The number of hydrogen-bond acceptors (Lipinski definition) is 4. The van der Waals surface area contributed by atoms with Crippen LogP contribution in [-0.4, -0.2) is 46.9 Å². The Bertz CT molecular complexity index is 544. The van der Waals surface area contributed by atoms with Gasteiger partial charge < -0.3 is 15.2 Å². The Labute approximate surface area is 135 Å². The highest BCUT2D eigenvalue weighted by Gasteiger charge is 2.37. The number of nitrogens with zero attached hydrogens (tertiary/aromatic N) is 2. The van der Waals surface area contributed by atoms with Crippen molar-refractivity contribution in [3.8, 4) is 0 Å². The molecule has 0 radical (unpaired) electrons. The number of H-pyrrole nitrogens is 1. The Morgan fingerprint density at radius 1 is 1.23 bits per heavy atom. The summed E-state index contributed by atoms with van der Waals surface area (Å²) < 4.78 is 0. The molecule has 0 bridgehead atoms. The highest BCUT2D eigenvalue weighted by Crippen LogP contribution is 2.39. The summed E-state index contributed by atoms with van der Waals surface area (Å²) in [5.41, 5.74) is 0.636. The summed E-state index contributed by atoms with van der Waals surface area (Å²) in [7, 11) is 0. The Balaban J connectivity index is 0.00000176. The van der Waals surface area contributed by atoms with E-state index >= 15 is 0 Å². The van der Waals surface area contributed by atoms with Crippen molar-refractivity contribution in [1.82, 2.24) is 15.2 Å². The van der Waals surface area contributed by atoms with Crippen LogP contribution >= 0.6 is 12.4 Å². The molecule has 1 aromatic heterocycles. The first kappa shape index (κ1) is 16.8. The average Bonchev–Trinajstić information content (AvgIpc) is 2.98. The number of carbonyl (C=O) groups excluding carboxylic acids is 1. The summed E-state index contributed by atoms with van der Waals surface area (Å²) in [5.74, 6) is -0.133. The van der Waals surface area contributed by atoms with Crippen LogP contribution in [-0.2, 0) is 0 Å². The van der Waals surface area contributed by atoms with Crippen molar-refractivity contribution in [3.05, 3.63) is 28.1 Å². The van der Waals surface area contributed by atoms with E-state index in [-0.39, 0.29) is 24.0 Å². The molecule has 1 amide bonds. The molecule has 0 atom stereocenters. The lowest BCUT2D eigenvalue weighted by atomic mass is 9.71. The van der Waals surface area contributed by atoms with Crippen LogP contribution in [0, 0.1) is 15.5 Å². The number of carbonyl (C=O) groups is 1. The maximum atomic E-state index is 12.4. The first-order valence-corrected chi connectivity index (χ1v) is 7.42. The van der Waals surface area contributed by atoms with E-state index < -0.39 is 4.92 Å². The normalized spacial score (nSPS) is 20.5. The van der Waals surface area contributed by atoms with E-state index in [4.69, 9.17) is 0 Å². The Morgan fingerprint density at radius 2 is 1.86 bits per heavy atom. The molecule has 8 heteroatoms. The Morgan fingerprint density at radius 3 is 2.41 bits per heavy atom. The van der Waals surface area contributed by atoms with E-state index in [1.165, 1.54) is 25.1 Å². The molecule has 122 valence electrons. The number of aromatic nitrogens is 1. The van der Waals surface area contributed by atoms with Gasteiger partial charge in [-0.2, -0.15) is 0 Å². The second kappa shape index (κ2) is 6.66. The molecule has 2 saturated heterocycles. The van der Waals surface area contributed by atoms with Crippen molar-refractivity contribution >= 4 is 24.0 Å². The summed E-state index contributed by atoms with van der Waals surface area (Å²) >= 11 is 0. The van der Waals surface area contributed by atoms with Gasteiger partial charge in [0.1, 0.15) is 5.69 Å². The zero-order valence-corrected chi connectivity index (χ0v) is 13.2. The second-order valence-electron chi connectivity index (χ2n) is 6.07. The average molecular weight is 329 g/mol. The molecule has 3 rings (SSSR count). The molecule has 2 aliphatic rings. The minimum Gasteiger partial charge on any atom is -0.351 e. The van der Waals surface area contributed by atoms with E-state index in [9.17, 15) is 14.9 Å². The SMILES string of the molecule is Cl.O=C(c1cc([N+](=O)[O-])c[nH]1)N1CCC2(CCNCC2)CC1. The van der Waals surface area contributed by atoms with Crippen LogP contribution in [0.25, 0.3) is 0 Å². The van der Waals surface area contributed by atoms with Gasteiger partial charge in [-0.05, 0) is 44.2 Å². The fourth-order valence-corrected chi connectivity index (χ4v) is 3.42. The van der Waals surface area contributed by atoms with Gasteiger partial charge >= 0.3 is 0 Å². The van der Waals surface area contributed by atoms with Gasteiger partial charge in [-0.25, -0.2) is 0 Å². The number of nitrogens with one attached hydrogen (secondary N) is 2. The van der Waals surface area contributed by atoms with Crippen LogP contribution in [0.5, 0.6) is 0 Å². The lowest BCUT2D eigenvalue weighted by Gasteiger charge is -2.44. The van der Waals surface area contributed by atoms with Gasteiger partial charge in [0.2, 0.25) is 0 Å². The number of hydrogen-bond donors (Lipinski definition) is 2.